The zero-order valence-corrected chi connectivity index (χ0v) is 10.1. The highest BCUT2D eigenvalue weighted by Crippen LogP contribution is 2.16. The van der Waals surface area contributed by atoms with E-state index in [0.717, 1.165) is 0 Å². The summed E-state index contributed by atoms with van der Waals surface area (Å²) >= 11 is 0. The predicted molar refractivity (Wildman–Crippen MR) is 62.6 cm³/mol. The zero-order valence-electron chi connectivity index (χ0n) is 10.1. The highest BCUT2D eigenvalue weighted by atomic mass is 16.3. The standard InChI is InChI=1S/C10H21NO.C2H6/c1-2-3-7-11-8-5-4-6-10(11)9-12;1-2/h10,12H,2-9H2,1H3;1-2H3. The van der Waals surface area contributed by atoms with E-state index in [1.54, 1.807) is 0 Å². The molecule has 1 saturated heterocycles. The van der Waals surface area contributed by atoms with Crippen LogP contribution in [0.4, 0.5) is 0 Å². The largest absolute Gasteiger partial charge is 0.395 e. The third-order valence-electron chi connectivity index (χ3n) is 2.76. The van der Waals surface area contributed by atoms with Crippen LogP contribution in [0.2, 0.25) is 0 Å². The van der Waals surface area contributed by atoms with E-state index >= 15 is 0 Å². The van der Waals surface area contributed by atoms with Gasteiger partial charge < -0.3 is 5.11 Å². The highest BCUT2D eigenvalue weighted by Gasteiger charge is 2.20. The Labute approximate surface area is 89.3 Å². The molecule has 0 saturated carbocycles. The summed E-state index contributed by atoms with van der Waals surface area (Å²) in [5.74, 6) is 0. The van der Waals surface area contributed by atoms with Crippen LogP contribution >= 0.6 is 0 Å². The van der Waals surface area contributed by atoms with Crippen LogP contribution in [0.3, 0.4) is 0 Å². The Morgan fingerprint density at radius 1 is 1.29 bits per heavy atom. The number of aliphatic hydroxyl groups excluding tert-OH is 1. The summed E-state index contributed by atoms with van der Waals surface area (Å²) in [5, 5.41) is 9.12. The Kier molecular flexibility index (Phi) is 9.42. The molecule has 0 aromatic heterocycles. The van der Waals surface area contributed by atoms with E-state index in [-0.39, 0.29) is 0 Å². The van der Waals surface area contributed by atoms with E-state index in [1.807, 2.05) is 13.8 Å². The molecule has 1 atom stereocenters. The second-order valence-corrected chi connectivity index (χ2v) is 3.72. The molecule has 1 aliphatic rings. The SMILES string of the molecule is CC.CCCCN1CCCCC1CO. The maximum absolute atomic E-state index is 9.12. The van der Waals surface area contributed by atoms with E-state index in [9.17, 15) is 0 Å². The lowest BCUT2D eigenvalue weighted by Gasteiger charge is -2.34. The lowest BCUT2D eigenvalue weighted by Crippen LogP contribution is -2.42. The normalized spacial score (nSPS) is 22.7. The molecule has 0 aromatic carbocycles. The fourth-order valence-electron chi connectivity index (χ4n) is 1.92. The fourth-order valence-corrected chi connectivity index (χ4v) is 1.92. The van der Waals surface area contributed by atoms with E-state index in [2.05, 4.69) is 11.8 Å². The number of hydrogen-bond acceptors (Lipinski definition) is 2. The summed E-state index contributed by atoms with van der Waals surface area (Å²) < 4.78 is 0. The first-order valence-electron chi connectivity index (χ1n) is 6.23. The first-order valence-corrected chi connectivity index (χ1v) is 6.23. The van der Waals surface area contributed by atoms with Crippen molar-refractivity contribution >= 4 is 0 Å². The first-order chi connectivity index (χ1) is 6.88. The van der Waals surface area contributed by atoms with Crippen molar-refractivity contribution in [3.05, 3.63) is 0 Å². The molecule has 1 rings (SSSR count). The van der Waals surface area contributed by atoms with Crippen LogP contribution in [0.5, 0.6) is 0 Å². The lowest BCUT2D eigenvalue weighted by atomic mass is 10.0. The van der Waals surface area contributed by atoms with Crippen molar-refractivity contribution in [1.29, 1.82) is 0 Å². The van der Waals surface area contributed by atoms with Crippen molar-refractivity contribution in [3.63, 3.8) is 0 Å². The van der Waals surface area contributed by atoms with Gasteiger partial charge in [0.2, 0.25) is 0 Å². The molecule has 0 spiro atoms. The summed E-state index contributed by atoms with van der Waals surface area (Å²) in [5.41, 5.74) is 0. The van der Waals surface area contributed by atoms with Gasteiger partial charge in [-0.2, -0.15) is 0 Å². The predicted octanol–water partition coefficient (Wildman–Crippen LogP) is 2.66. The minimum Gasteiger partial charge on any atom is -0.395 e. The molecular weight excluding hydrogens is 174 g/mol. The van der Waals surface area contributed by atoms with Gasteiger partial charge >= 0.3 is 0 Å². The summed E-state index contributed by atoms with van der Waals surface area (Å²) in [4.78, 5) is 2.45. The third-order valence-corrected chi connectivity index (χ3v) is 2.76. The van der Waals surface area contributed by atoms with Crippen molar-refractivity contribution in [1.82, 2.24) is 4.90 Å². The van der Waals surface area contributed by atoms with Crippen LogP contribution in [-0.2, 0) is 0 Å². The van der Waals surface area contributed by atoms with Crippen LogP contribution in [0.25, 0.3) is 0 Å². The summed E-state index contributed by atoms with van der Waals surface area (Å²) in [6, 6.07) is 0.463. The van der Waals surface area contributed by atoms with Gasteiger partial charge in [0.15, 0.2) is 0 Å². The van der Waals surface area contributed by atoms with Gasteiger partial charge in [-0.1, -0.05) is 33.6 Å². The second kappa shape index (κ2) is 9.47. The smallest absolute Gasteiger partial charge is 0.0586 e. The van der Waals surface area contributed by atoms with Gasteiger partial charge in [0, 0.05) is 6.04 Å². The Hall–Kier alpha value is -0.0800. The number of piperidine rings is 1. The molecule has 1 aliphatic heterocycles. The molecule has 2 nitrogen and oxygen atoms in total. The molecule has 0 bridgehead atoms. The number of nitrogens with zero attached hydrogens (tertiary/aromatic N) is 1. The number of unbranched alkanes of at least 4 members (excludes halogenated alkanes) is 1. The third kappa shape index (κ3) is 4.97. The molecule has 0 radical (unpaired) electrons. The Morgan fingerprint density at radius 2 is 2.00 bits per heavy atom. The van der Waals surface area contributed by atoms with Gasteiger partial charge in [-0.25, -0.2) is 0 Å². The monoisotopic (exact) mass is 201 g/mol. The summed E-state index contributed by atoms with van der Waals surface area (Å²) in [7, 11) is 0. The van der Waals surface area contributed by atoms with Gasteiger partial charge in [0.05, 0.1) is 6.61 Å². The molecule has 14 heavy (non-hydrogen) atoms. The number of hydrogen-bond donors (Lipinski definition) is 1. The van der Waals surface area contributed by atoms with Gasteiger partial charge in [-0.3, -0.25) is 4.90 Å². The second-order valence-electron chi connectivity index (χ2n) is 3.72. The van der Waals surface area contributed by atoms with Crippen molar-refractivity contribution in [2.45, 2.75) is 58.9 Å². The van der Waals surface area contributed by atoms with Crippen LogP contribution in [-0.4, -0.2) is 35.7 Å². The van der Waals surface area contributed by atoms with Gasteiger partial charge in [0.25, 0.3) is 0 Å². The molecule has 86 valence electrons. The Bertz CT molecular complexity index is 117. The average Bonchev–Trinajstić information content (AvgIpc) is 2.29. The van der Waals surface area contributed by atoms with Gasteiger partial charge in [0.1, 0.15) is 0 Å². The molecule has 0 amide bonds. The topological polar surface area (TPSA) is 23.5 Å². The highest BCUT2D eigenvalue weighted by molar-refractivity contribution is 4.75. The van der Waals surface area contributed by atoms with Crippen LogP contribution < -0.4 is 0 Å². The molecule has 1 fully saturated rings. The molecular formula is C12H27NO. The zero-order chi connectivity index (χ0) is 10.8. The molecule has 0 aliphatic carbocycles. The van der Waals surface area contributed by atoms with Crippen LogP contribution in [0, 0.1) is 0 Å². The maximum Gasteiger partial charge on any atom is 0.0586 e. The van der Waals surface area contributed by atoms with E-state index in [4.69, 9.17) is 5.11 Å². The summed E-state index contributed by atoms with van der Waals surface area (Å²) in [6.07, 6.45) is 6.35. The minimum atomic E-state index is 0.351. The Morgan fingerprint density at radius 3 is 2.57 bits per heavy atom. The summed E-state index contributed by atoms with van der Waals surface area (Å²) in [6.45, 7) is 8.95. The van der Waals surface area contributed by atoms with Gasteiger partial charge in [-0.15, -0.1) is 0 Å². The fraction of sp³-hybridized carbons (Fsp3) is 1.00. The van der Waals surface area contributed by atoms with Crippen molar-refractivity contribution in [2.24, 2.45) is 0 Å². The maximum atomic E-state index is 9.12. The van der Waals surface area contributed by atoms with E-state index in [0.29, 0.717) is 12.6 Å². The molecule has 1 unspecified atom stereocenters. The Balaban J connectivity index is 0.000000791. The number of aliphatic hydroxyl groups is 1. The number of likely N-dealkylation sites (tertiary alicyclic amines) is 1. The minimum absolute atomic E-state index is 0.351. The van der Waals surface area contributed by atoms with Crippen molar-refractivity contribution in [2.75, 3.05) is 19.7 Å². The molecule has 1 heterocycles. The number of rotatable bonds is 4. The van der Waals surface area contributed by atoms with Crippen LogP contribution in [0.15, 0.2) is 0 Å². The van der Waals surface area contributed by atoms with E-state index in [1.165, 1.54) is 45.2 Å². The quantitative estimate of drug-likeness (QED) is 0.756. The lowest BCUT2D eigenvalue weighted by molar-refractivity contribution is 0.0891. The van der Waals surface area contributed by atoms with Crippen LogP contribution in [0.1, 0.15) is 52.9 Å². The van der Waals surface area contributed by atoms with Crippen molar-refractivity contribution in [3.8, 4) is 0 Å². The molecule has 0 aromatic rings. The average molecular weight is 201 g/mol. The van der Waals surface area contributed by atoms with E-state index < -0.39 is 0 Å². The van der Waals surface area contributed by atoms with Crippen molar-refractivity contribution < 1.29 is 5.11 Å². The first kappa shape index (κ1) is 13.9. The molecule has 1 N–H and O–H groups in total. The van der Waals surface area contributed by atoms with Gasteiger partial charge in [-0.05, 0) is 32.4 Å². The molecule has 2 heteroatoms.